The Balaban J connectivity index is 1.80. The number of nitrogens with zero attached hydrogens (tertiary/aromatic N) is 1. The maximum atomic E-state index is 12.4. The largest absolute Gasteiger partial charge is 0.480 e. The normalized spacial score (nSPS) is 23.0. The summed E-state index contributed by atoms with van der Waals surface area (Å²) in [6.45, 7) is -3.92. The third kappa shape index (κ3) is 4.30. The van der Waals surface area contributed by atoms with Crippen molar-refractivity contribution in [2.24, 2.45) is 5.16 Å². The minimum atomic E-state index is -4.61. The Morgan fingerprint density at radius 3 is 2.68 bits per heavy atom. The lowest BCUT2D eigenvalue weighted by Gasteiger charge is -2.17. The van der Waals surface area contributed by atoms with Crippen LogP contribution in [0.25, 0.3) is 0 Å². The second kappa shape index (κ2) is 6.66. The fourth-order valence-corrected chi connectivity index (χ4v) is 2.63. The van der Waals surface area contributed by atoms with Crippen molar-refractivity contribution >= 4 is 5.71 Å². The Morgan fingerprint density at radius 1 is 1.24 bits per heavy atom. The molecule has 25 heavy (non-hydrogen) atoms. The average molecular weight is 367 g/mol. The third-order valence-corrected chi connectivity index (χ3v) is 3.79. The topological polar surface area (TPSA) is 49.3 Å². The zero-order valence-corrected chi connectivity index (χ0v) is 12.8. The highest BCUT2D eigenvalue weighted by molar-refractivity contribution is 6.02. The van der Waals surface area contributed by atoms with Gasteiger partial charge in [-0.05, 0) is 18.2 Å². The molecule has 1 spiro atoms. The van der Waals surface area contributed by atoms with Crippen molar-refractivity contribution in [3.8, 4) is 11.5 Å². The van der Waals surface area contributed by atoms with Crippen LogP contribution in [0.3, 0.4) is 0 Å². The summed E-state index contributed by atoms with van der Waals surface area (Å²) in [5.74, 6) is -0.928. The van der Waals surface area contributed by atoms with Crippen LogP contribution < -0.4 is 9.47 Å². The Morgan fingerprint density at radius 2 is 2.04 bits per heavy atom. The molecule has 2 aliphatic heterocycles. The van der Waals surface area contributed by atoms with Gasteiger partial charge >= 0.3 is 12.8 Å². The van der Waals surface area contributed by atoms with Crippen molar-refractivity contribution in [2.75, 3.05) is 19.8 Å². The molecule has 1 saturated heterocycles. The highest BCUT2D eigenvalue weighted by Crippen LogP contribution is 2.37. The summed E-state index contributed by atoms with van der Waals surface area (Å²) in [4.78, 5) is 5.41. The van der Waals surface area contributed by atoms with Gasteiger partial charge in [0.15, 0.2) is 23.7 Å². The molecule has 0 radical (unpaired) electrons. The molecule has 0 bridgehead atoms. The van der Waals surface area contributed by atoms with E-state index in [-0.39, 0.29) is 0 Å². The first-order chi connectivity index (χ1) is 11.8. The van der Waals surface area contributed by atoms with Crippen molar-refractivity contribution in [2.45, 2.75) is 31.2 Å². The molecule has 1 unspecified atom stereocenters. The fraction of sp³-hybridized carbons (Fsp3) is 0.533. The molecular formula is C15H14F5NO4. The molecule has 1 aromatic rings. The first kappa shape index (κ1) is 17.7. The van der Waals surface area contributed by atoms with Crippen molar-refractivity contribution in [3.05, 3.63) is 23.8 Å². The number of halogens is 5. The van der Waals surface area contributed by atoms with E-state index in [1.165, 1.54) is 12.1 Å². The molecule has 1 fully saturated rings. The number of oxime groups is 1. The van der Waals surface area contributed by atoms with Crippen LogP contribution >= 0.6 is 0 Å². The highest BCUT2D eigenvalue weighted by atomic mass is 19.4. The summed E-state index contributed by atoms with van der Waals surface area (Å²) in [5.41, 5.74) is 0.314. The Labute approximate surface area is 139 Å². The molecule has 0 amide bonds. The van der Waals surface area contributed by atoms with Crippen LogP contribution in [0.15, 0.2) is 23.4 Å². The Hall–Kier alpha value is -2.10. The van der Waals surface area contributed by atoms with Crippen LogP contribution in [0.4, 0.5) is 22.0 Å². The van der Waals surface area contributed by atoms with E-state index in [4.69, 9.17) is 9.57 Å². The zero-order chi connectivity index (χ0) is 18.1. The lowest BCUT2D eigenvalue weighted by Crippen LogP contribution is -2.29. The minimum absolute atomic E-state index is 0.365. The molecule has 138 valence electrons. The monoisotopic (exact) mass is 367 g/mol. The fourth-order valence-electron chi connectivity index (χ4n) is 2.63. The van der Waals surface area contributed by atoms with Gasteiger partial charge in [-0.3, -0.25) is 0 Å². The standard InChI is InChI=1S/C15H14F5NO4/c16-13(17)24-11-2-1-9(5-12(11)23-8-15(18,19)20)10-6-14(25-21-10)3-4-22-7-14/h1-2,5,13H,3-4,6-8H2. The number of benzene rings is 1. The molecule has 0 aromatic heterocycles. The molecule has 10 heteroatoms. The van der Waals surface area contributed by atoms with Crippen LogP contribution in [-0.4, -0.2) is 43.9 Å². The quantitative estimate of drug-likeness (QED) is 0.748. The van der Waals surface area contributed by atoms with Gasteiger partial charge in [-0.15, -0.1) is 0 Å². The van der Waals surface area contributed by atoms with Crippen LogP contribution in [0, 0.1) is 0 Å². The van der Waals surface area contributed by atoms with Crippen molar-refractivity contribution in [1.29, 1.82) is 0 Å². The summed E-state index contributed by atoms with van der Waals surface area (Å²) in [5, 5.41) is 3.95. The number of hydrogen-bond donors (Lipinski definition) is 0. The summed E-state index contributed by atoms with van der Waals surface area (Å²) >= 11 is 0. The van der Waals surface area contributed by atoms with Crippen LogP contribution in [-0.2, 0) is 9.57 Å². The maximum Gasteiger partial charge on any atom is 0.422 e. The molecule has 0 N–H and O–H groups in total. The maximum absolute atomic E-state index is 12.4. The van der Waals surface area contributed by atoms with Gasteiger partial charge in [0.05, 0.1) is 18.9 Å². The van der Waals surface area contributed by atoms with Gasteiger partial charge in [0.25, 0.3) is 0 Å². The van der Waals surface area contributed by atoms with E-state index in [1.807, 2.05) is 0 Å². The van der Waals surface area contributed by atoms with Crippen molar-refractivity contribution < 1.29 is 41.0 Å². The SMILES string of the molecule is FC(F)Oc1ccc(C2=NOC3(CCOC3)C2)cc1OCC(F)(F)F. The average Bonchev–Trinajstić information content (AvgIpc) is 3.15. The molecular weight excluding hydrogens is 353 g/mol. The van der Waals surface area contributed by atoms with E-state index in [0.29, 0.717) is 37.3 Å². The lowest BCUT2D eigenvalue weighted by molar-refractivity contribution is -0.154. The molecule has 1 aromatic carbocycles. The summed E-state index contributed by atoms with van der Waals surface area (Å²) in [6, 6.07) is 3.71. The van der Waals surface area contributed by atoms with Crippen molar-refractivity contribution in [1.82, 2.24) is 0 Å². The van der Waals surface area contributed by atoms with Gasteiger partial charge in [-0.1, -0.05) is 5.16 Å². The predicted octanol–water partition coefficient (Wildman–Crippen LogP) is 3.51. The molecule has 0 aliphatic carbocycles. The van der Waals surface area contributed by atoms with E-state index in [2.05, 4.69) is 14.6 Å². The van der Waals surface area contributed by atoms with Crippen LogP contribution in [0.2, 0.25) is 0 Å². The van der Waals surface area contributed by atoms with E-state index in [1.54, 1.807) is 0 Å². The molecule has 1 atom stereocenters. The zero-order valence-electron chi connectivity index (χ0n) is 12.8. The van der Waals surface area contributed by atoms with Gasteiger partial charge in [0.2, 0.25) is 0 Å². The first-order valence-corrected chi connectivity index (χ1v) is 7.38. The summed E-state index contributed by atoms with van der Waals surface area (Å²) in [6.07, 6.45) is -3.57. The Bertz CT molecular complexity index is 656. The van der Waals surface area contributed by atoms with Gasteiger partial charge in [0, 0.05) is 18.4 Å². The van der Waals surface area contributed by atoms with E-state index >= 15 is 0 Å². The van der Waals surface area contributed by atoms with Crippen LogP contribution in [0.5, 0.6) is 11.5 Å². The molecule has 2 heterocycles. The van der Waals surface area contributed by atoms with Gasteiger partial charge in [0.1, 0.15) is 0 Å². The van der Waals surface area contributed by atoms with E-state index in [9.17, 15) is 22.0 Å². The Kier molecular flexibility index (Phi) is 4.72. The second-order valence-electron chi connectivity index (χ2n) is 5.74. The van der Waals surface area contributed by atoms with E-state index in [0.717, 1.165) is 6.07 Å². The number of rotatable bonds is 5. The van der Waals surface area contributed by atoms with Gasteiger partial charge in [-0.25, -0.2) is 0 Å². The highest BCUT2D eigenvalue weighted by Gasteiger charge is 2.43. The molecule has 3 rings (SSSR count). The van der Waals surface area contributed by atoms with Crippen LogP contribution in [0.1, 0.15) is 18.4 Å². The van der Waals surface area contributed by atoms with Gasteiger partial charge < -0.3 is 19.0 Å². The lowest BCUT2D eigenvalue weighted by atomic mass is 9.93. The minimum Gasteiger partial charge on any atom is -0.480 e. The molecule has 5 nitrogen and oxygen atoms in total. The molecule has 2 aliphatic rings. The first-order valence-electron chi connectivity index (χ1n) is 7.38. The summed E-state index contributed by atoms with van der Waals surface area (Å²) < 4.78 is 76.0. The van der Waals surface area contributed by atoms with Crippen molar-refractivity contribution in [3.63, 3.8) is 0 Å². The second-order valence-corrected chi connectivity index (χ2v) is 5.74. The third-order valence-electron chi connectivity index (χ3n) is 3.79. The summed E-state index contributed by atoms with van der Waals surface area (Å²) in [7, 11) is 0. The number of alkyl halides is 5. The smallest absolute Gasteiger partial charge is 0.422 e. The van der Waals surface area contributed by atoms with Gasteiger partial charge in [-0.2, -0.15) is 22.0 Å². The number of hydrogen-bond acceptors (Lipinski definition) is 5. The predicted molar refractivity (Wildman–Crippen MR) is 75.0 cm³/mol. The van der Waals surface area contributed by atoms with E-state index < -0.39 is 36.5 Å². The number of ether oxygens (including phenoxy) is 3. The molecule has 0 saturated carbocycles.